The lowest BCUT2D eigenvalue weighted by Crippen LogP contribution is -2.14. The third-order valence-electron chi connectivity index (χ3n) is 4.67. The second kappa shape index (κ2) is 9.15. The number of aromatic nitrogens is 3. The molecule has 0 atom stereocenters. The zero-order valence-electron chi connectivity index (χ0n) is 16.6. The number of ether oxygens (including phenoxy) is 1. The van der Waals surface area contributed by atoms with Crippen LogP contribution in [0.3, 0.4) is 0 Å². The average molecular weight is 436 g/mol. The van der Waals surface area contributed by atoms with Gasteiger partial charge in [0.25, 0.3) is 0 Å². The summed E-state index contributed by atoms with van der Waals surface area (Å²) in [6.07, 6.45) is 0.701. The molecule has 0 bridgehead atoms. The van der Waals surface area contributed by atoms with Gasteiger partial charge in [0.15, 0.2) is 0 Å². The molecule has 1 aromatic carbocycles. The molecule has 0 saturated carbocycles. The third kappa shape index (κ3) is 5.59. The van der Waals surface area contributed by atoms with E-state index in [1.807, 2.05) is 12.1 Å². The number of carbonyl (C=O) groups excluding carboxylic acids is 1. The minimum Gasteiger partial charge on any atom is -0.481 e. The number of hydrogen-bond acceptors (Lipinski definition) is 4. The summed E-state index contributed by atoms with van der Waals surface area (Å²) in [7, 11) is 1.63. The van der Waals surface area contributed by atoms with Crippen LogP contribution in [0.5, 0.6) is 5.88 Å². The van der Waals surface area contributed by atoms with Gasteiger partial charge in [-0.3, -0.25) is 9.48 Å². The fraction of sp³-hybridized carbons (Fsp3) is 0.286. The van der Waals surface area contributed by atoms with Crippen molar-refractivity contribution in [3.05, 3.63) is 65.2 Å². The van der Waals surface area contributed by atoms with Crippen LogP contribution in [0.2, 0.25) is 0 Å². The highest BCUT2D eigenvalue weighted by atomic mass is 19.4. The van der Waals surface area contributed by atoms with Gasteiger partial charge in [0.05, 0.1) is 18.4 Å². The summed E-state index contributed by atoms with van der Waals surface area (Å²) in [5.41, 5.74) is 6.41. The summed E-state index contributed by atoms with van der Waals surface area (Å²) in [6, 6.07) is 7.52. The molecule has 31 heavy (non-hydrogen) atoms. The number of benzene rings is 1. The molecule has 3 aromatic rings. The number of halogens is 4. The molecule has 1 aliphatic rings. The summed E-state index contributed by atoms with van der Waals surface area (Å²) >= 11 is 0. The van der Waals surface area contributed by atoms with Crippen LogP contribution in [0, 0.1) is 5.82 Å². The second-order valence-corrected chi connectivity index (χ2v) is 6.88. The molecule has 1 amide bonds. The van der Waals surface area contributed by atoms with E-state index in [-0.39, 0.29) is 0 Å². The minimum atomic E-state index is -4.69. The Morgan fingerprint density at radius 3 is 2.58 bits per heavy atom. The van der Waals surface area contributed by atoms with E-state index < -0.39 is 29.0 Å². The normalized spacial score (nSPS) is 13.1. The summed E-state index contributed by atoms with van der Waals surface area (Å²) in [5.74, 6) is -1.61. The smallest absolute Gasteiger partial charge is 0.416 e. The summed E-state index contributed by atoms with van der Waals surface area (Å²) in [6.45, 7) is 1.04. The largest absolute Gasteiger partial charge is 0.481 e. The zero-order valence-corrected chi connectivity index (χ0v) is 16.6. The maximum absolute atomic E-state index is 12.6. The van der Waals surface area contributed by atoms with Gasteiger partial charge in [-0.1, -0.05) is 0 Å². The first-order valence-corrected chi connectivity index (χ1v) is 9.42. The molecule has 6 nitrogen and oxygen atoms in total. The SMILES string of the molecule is COc1cc(-c2cc3n(n2)CCCC3)ccn1.NC(=O)c1cc(F)cc(C(F)(F)F)c1. The number of hydrogen-bond donors (Lipinski definition) is 1. The molecule has 10 heteroatoms. The highest BCUT2D eigenvalue weighted by Gasteiger charge is 2.31. The van der Waals surface area contributed by atoms with E-state index in [2.05, 4.69) is 20.8 Å². The number of fused-ring (bicyclic) bond motifs is 1. The molecule has 0 fully saturated rings. The highest BCUT2D eigenvalue weighted by molar-refractivity contribution is 5.92. The van der Waals surface area contributed by atoms with E-state index in [1.165, 1.54) is 18.5 Å². The van der Waals surface area contributed by atoms with Crippen molar-refractivity contribution in [1.82, 2.24) is 14.8 Å². The van der Waals surface area contributed by atoms with Crippen molar-refractivity contribution in [2.75, 3.05) is 7.11 Å². The fourth-order valence-corrected chi connectivity index (χ4v) is 3.14. The summed E-state index contributed by atoms with van der Waals surface area (Å²) in [4.78, 5) is 14.6. The van der Waals surface area contributed by atoms with Gasteiger partial charge in [0.1, 0.15) is 5.82 Å². The Hall–Kier alpha value is -3.43. The third-order valence-corrected chi connectivity index (χ3v) is 4.67. The number of pyridine rings is 1. The van der Waals surface area contributed by atoms with Crippen molar-refractivity contribution in [2.45, 2.75) is 32.0 Å². The molecule has 2 N–H and O–H groups in total. The molecule has 0 radical (unpaired) electrons. The molecule has 164 valence electrons. The van der Waals surface area contributed by atoms with Gasteiger partial charge >= 0.3 is 6.18 Å². The molecular weight excluding hydrogens is 416 g/mol. The van der Waals surface area contributed by atoms with Crippen molar-refractivity contribution in [3.63, 3.8) is 0 Å². The number of nitrogens with zero attached hydrogens (tertiary/aromatic N) is 3. The molecular formula is C21H20F4N4O2. The number of aryl methyl sites for hydroxylation is 2. The van der Waals surface area contributed by atoms with Crippen LogP contribution in [0.25, 0.3) is 11.3 Å². The number of carbonyl (C=O) groups is 1. The minimum absolute atomic E-state index is 0.298. The van der Waals surface area contributed by atoms with E-state index in [0.29, 0.717) is 24.1 Å². The number of alkyl halides is 3. The Bertz CT molecular complexity index is 1060. The molecule has 1 aliphatic heterocycles. The first-order valence-electron chi connectivity index (χ1n) is 9.42. The molecule has 0 aliphatic carbocycles. The monoisotopic (exact) mass is 436 g/mol. The number of primary amides is 1. The second-order valence-electron chi connectivity index (χ2n) is 6.88. The number of nitrogens with two attached hydrogens (primary N) is 1. The van der Waals surface area contributed by atoms with Gasteiger partial charge in [-0.15, -0.1) is 0 Å². The Morgan fingerprint density at radius 2 is 1.94 bits per heavy atom. The number of methoxy groups -OCH3 is 1. The van der Waals surface area contributed by atoms with Crippen LogP contribution < -0.4 is 10.5 Å². The van der Waals surface area contributed by atoms with Gasteiger partial charge in [-0.2, -0.15) is 18.3 Å². The van der Waals surface area contributed by atoms with Crippen molar-refractivity contribution in [2.24, 2.45) is 5.73 Å². The van der Waals surface area contributed by atoms with E-state index in [9.17, 15) is 22.4 Å². The van der Waals surface area contributed by atoms with Crippen LogP contribution in [0.4, 0.5) is 17.6 Å². The predicted octanol–water partition coefficient (Wildman–Crippen LogP) is 4.23. The van der Waals surface area contributed by atoms with Crippen molar-refractivity contribution < 1.29 is 27.1 Å². The average Bonchev–Trinajstić information content (AvgIpc) is 3.17. The summed E-state index contributed by atoms with van der Waals surface area (Å²) < 4.78 is 56.1. The molecule has 0 unspecified atom stereocenters. The van der Waals surface area contributed by atoms with Gasteiger partial charge in [-0.25, -0.2) is 9.37 Å². The maximum Gasteiger partial charge on any atom is 0.416 e. The topological polar surface area (TPSA) is 83.0 Å². The number of rotatable bonds is 3. The molecule has 0 spiro atoms. The lowest BCUT2D eigenvalue weighted by molar-refractivity contribution is -0.137. The standard InChI is InChI=1S/C13H15N3O.C8H5F4NO/c1-17-13-8-10(5-6-14-13)12-9-11-4-2-3-7-16(11)15-12;9-6-2-4(7(13)14)1-5(3-6)8(10,11)12/h5-6,8-9H,2-4,7H2,1H3;1-3H,(H2,13,14). The summed E-state index contributed by atoms with van der Waals surface area (Å²) in [5, 5.41) is 4.63. The lowest BCUT2D eigenvalue weighted by Gasteiger charge is -2.11. The Labute approximate surface area is 175 Å². The Morgan fingerprint density at radius 1 is 1.16 bits per heavy atom. The van der Waals surface area contributed by atoms with E-state index in [1.54, 1.807) is 13.3 Å². The fourth-order valence-electron chi connectivity index (χ4n) is 3.14. The van der Waals surface area contributed by atoms with Crippen molar-refractivity contribution in [1.29, 1.82) is 0 Å². The van der Waals surface area contributed by atoms with E-state index >= 15 is 0 Å². The van der Waals surface area contributed by atoms with Crippen LogP contribution in [0.15, 0.2) is 42.6 Å². The maximum atomic E-state index is 12.6. The Balaban J connectivity index is 0.000000180. The van der Waals surface area contributed by atoms with Gasteiger partial charge in [-0.05, 0) is 49.6 Å². The highest BCUT2D eigenvalue weighted by Crippen LogP contribution is 2.30. The zero-order chi connectivity index (χ0) is 22.6. The van der Waals surface area contributed by atoms with E-state index in [4.69, 9.17) is 10.5 Å². The van der Waals surface area contributed by atoms with Gasteiger partial charge in [0, 0.05) is 35.6 Å². The van der Waals surface area contributed by atoms with Crippen LogP contribution in [-0.4, -0.2) is 27.8 Å². The molecule has 3 heterocycles. The first kappa shape index (κ1) is 22.3. The predicted molar refractivity (Wildman–Crippen MR) is 105 cm³/mol. The van der Waals surface area contributed by atoms with Crippen LogP contribution >= 0.6 is 0 Å². The molecule has 4 rings (SSSR count). The van der Waals surface area contributed by atoms with Crippen LogP contribution in [-0.2, 0) is 19.1 Å². The van der Waals surface area contributed by atoms with Gasteiger partial charge < -0.3 is 10.5 Å². The van der Waals surface area contributed by atoms with Crippen LogP contribution in [0.1, 0.15) is 34.5 Å². The van der Waals surface area contributed by atoms with Crippen molar-refractivity contribution in [3.8, 4) is 17.1 Å². The quantitative estimate of drug-likeness (QED) is 0.623. The first-order chi connectivity index (χ1) is 14.7. The van der Waals surface area contributed by atoms with Gasteiger partial charge in [0.2, 0.25) is 11.8 Å². The van der Waals surface area contributed by atoms with Crippen molar-refractivity contribution >= 4 is 5.91 Å². The molecule has 2 aromatic heterocycles. The van der Waals surface area contributed by atoms with E-state index in [0.717, 1.165) is 24.2 Å². The number of amides is 1. The Kier molecular flexibility index (Phi) is 6.57. The molecule has 0 saturated heterocycles. The lowest BCUT2D eigenvalue weighted by atomic mass is 10.1.